The summed E-state index contributed by atoms with van der Waals surface area (Å²) in [5, 5.41) is 11.4. The van der Waals surface area contributed by atoms with E-state index >= 15 is 0 Å². The lowest BCUT2D eigenvalue weighted by Crippen LogP contribution is -2.41. The van der Waals surface area contributed by atoms with Crippen molar-refractivity contribution in [2.24, 2.45) is 0 Å². The second kappa shape index (κ2) is 8.88. The highest BCUT2D eigenvalue weighted by Gasteiger charge is 2.23. The molecule has 2 rings (SSSR count). The Labute approximate surface area is 152 Å². The SMILES string of the molecule is CCCC(NC(=O)CCS(=O)(=O)c1ccc2c(c1)OCCCO2)C(=O)O. The highest BCUT2D eigenvalue weighted by Crippen LogP contribution is 2.32. The van der Waals surface area contributed by atoms with Crippen molar-refractivity contribution in [1.82, 2.24) is 5.32 Å². The number of hydrogen-bond acceptors (Lipinski definition) is 6. The van der Waals surface area contributed by atoms with Gasteiger partial charge in [0, 0.05) is 18.9 Å². The quantitative estimate of drug-likeness (QED) is 0.694. The normalized spacial score (nSPS) is 15.0. The van der Waals surface area contributed by atoms with E-state index in [0.717, 1.165) is 0 Å². The molecule has 1 aromatic rings. The number of carbonyl (C=O) groups excluding carboxylic acids is 1. The van der Waals surface area contributed by atoms with Crippen LogP contribution in [0.15, 0.2) is 23.1 Å². The molecule has 0 saturated heterocycles. The van der Waals surface area contributed by atoms with E-state index in [4.69, 9.17) is 14.6 Å². The van der Waals surface area contributed by atoms with Crippen molar-refractivity contribution >= 4 is 21.7 Å². The van der Waals surface area contributed by atoms with Crippen LogP contribution in [0.1, 0.15) is 32.6 Å². The van der Waals surface area contributed by atoms with Gasteiger partial charge in [-0.05, 0) is 18.6 Å². The molecule has 0 radical (unpaired) electrons. The molecule has 0 bridgehead atoms. The zero-order chi connectivity index (χ0) is 19.2. The van der Waals surface area contributed by atoms with Gasteiger partial charge in [0.25, 0.3) is 0 Å². The lowest BCUT2D eigenvalue weighted by Gasteiger charge is -2.14. The Morgan fingerprint density at radius 3 is 2.58 bits per heavy atom. The molecule has 0 aliphatic carbocycles. The number of rotatable bonds is 8. The van der Waals surface area contributed by atoms with Crippen LogP contribution < -0.4 is 14.8 Å². The largest absolute Gasteiger partial charge is 0.490 e. The van der Waals surface area contributed by atoms with Crippen molar-refractivity contribution in [2.75, 3.05) is 19.0 Å². The zero-order valence-electron chi connectivity index (χ0n) is 14.6. The van der Waals surface area contributed by atoms with E-state index < -0.39 is 33.5 Å². The minimum Gasteiger partial charge on any atom is -0.490 e. The van der Waals surface area contributed by atoms with Crippen LogP contribution in [0.2, 0.25) is 0 Å². The third-order valence-electron chi connectivity index (χ3n) is 3.89. The van der Waals surface area contributed by atoms with E-state index in [1.807, 2.05) is 0 Å². The molecule has 1 aromatic carbocycles. The number of fused-ring (bicyclic) bond motifs is 1. The zero-order valence-corrected chi connectivity index (χ0v) is 15.4. The Bertz CT molecular complexity index is 760. The number of hydrogen-bond donors (Lipinski definition) is 2. The van der Waals surface area contributed by atoms with Crippen molar-refractivity contribution in [3.05, 3.63) is 18.2 Å². The van der Waals surface area contributed by atoms with Crippen molar-refractivity contribution in [2.45, 2.75) is 43.5 Å². The molecule has 26 heavy (non-hydrogen) atoms. The molecule has 1 amide bonds. The number of sulfone groups is 1. The van der Waals surface area contributed by atoms with Crippen LogP contribution in [0.5, 0.6) is 11.5 Å². The van der Waals surface area contributed by atoms with Crippen LogP contribution in [0.25, 0.3) is 0 Å². The number of carboxylic acid groups (broad SMARTS) is 1. The third kappa shape index (κ3) is 5.35. The molecule has 2 N–H and O–H groups in total. The molecule has 9 heteroatoms. The summed E-state index contributed by atoms with van der Waals surface area (Å²) >= 11 is 0. The molecule has 1 unspecified atom stereocenters. The fourth-order valence-electron chi connectivity index (χ4n) is 2.49. The third-order valence-corrected chi connectivity index (χ3v) is 5.60. The van der Waals surface area contributed by atoms with Gasteiger partial charge in [0.2, 0.25) is 5.91 Å². The predicted molar refractivity (Wildman–Crippen MR) is 93.2 cm³/mol. The van der Waals surface area contributed by atoms with Gasteiger partial charge in [0.1, 0.15) is 6.04 Å². The standard InChI is InChI=1S/C17H23NO7S/c1-2-4-13(17(20)21)18-16(19)7-10-26(22,23)12-5-6-14-15(11-12)25-9-3-8-24-14/h5-6,11,13H,2-4,7-10H2,1H3,(H,18,19)(H,20,21). The Kier molecular flexibility index (Phi) is 6.84. The minimum atomic E-state index is -3.71. The highest BCUT2D eigenvalue weighted by molar-refractivity contribution is 7.91. The van der Waals surface area contributed by atoms with Gasteiger partial charge in [-0.3, -0.25) is 4.79 Å². The van der Waals surface area contributed by atoms with Gasteiger partial charge in [-0.15, -0.1) is 0 Å². The van der Waals surface area contributed by atoms with Crippen LogP contribution >= 0.6 is 0 Å². The maximum Gasteiger partial charge on any atom is 0.326 e. The van der Waals surface area contributed by atoms with Crippen molar-refractivity contribution < 1.29 is 32.6 Å². The Morgan fingerprint density at radius 2 is 1.92 bits per heavy atom. The first kappa shape index (κ1) is 20.0. The van der Waals surface area contributed by atoms with Crippen LogP contribution in [-0.2, 0) is 19.4 Å². The summed E-state index contributed by atoms with van der Waals surface area (Å²) in [6.07, 6.45) is 1.27. The van der Waals surface area contributed by atoms with Gasteiger partial charge < -0.3 is 19.9 Å². The minimum absolute atomic E-state index is 0.0397. The molecule has 1 heterocycles. The van der Waals surface area contributed by atoms with Gasteiger partial charge in [0.05, 0.1) is 23.9 Å². The molecule has 0 aromatic heterocycles. The molecule has 0 fully saturated rings. The molecule has 1 aliphatic heterocycles. The summed E-state index contributed by atoms with van der Waals surface area (Å²) in [6, 6.07) is 3.34. The summed E-state index contributed by atoms with van der Waals surface area (Å²) in [6.45, 7) is 2.74. The highest BCUT2D eigenvalue weighted by atomic mass is 32.2. The fourth-order valence-corrected chi connectivity index (χ4v) is 3.75. The van der Waals surface area contributed by atoms with Gasteiger partial charge >= 0.3 is 5.97 Å². The number of benzene rings is 1. The molecule has 0 saturated carbocycles. The number of carbonyl (C=O) groups is 2. The Hall–Kier alpha value is -2.29. The molecule has 1 aliphatic rings. The van der Waals surface area contributed by atoms with E-state index in [1.54, 1.807) is 6.92 Å². The van der Waals surface area contributed by atoms with Gasteiger partial charge in [-0.2, -0.15) is 0 Å². The van der Waals surface area contributed by atoms with Crippen molar-refractivity contribution in [1.29, 1.82) is 0 Å². The average Bonchev–Trinajstić information content (AvgIpc) is 2.84. The average molecular weight is 385 g/mol. The number of amides is 1. The fraction of sp³-hybridized carbons (Fsp3) is 0.529. The van der Waals surface area contributed by atoms with Crippen LogP contribution in [0.3, 0.4) is 0 Å². The number of aliphatic carboxylic acids is 1. The van der Waals surface area contributed by atoms with Gasteiger partial charge in [-0.1, -0.05) is 13.3 Å². The Balaban J connectivity index is 2.01. The smallest absolute Gasteiger partial charge is 0.326 e. The lowest BCUT2D eigenvalue weighted by atomic mass is 10.1. The first-order valence-electron chi connectivity index (χ1n) is 8.48. The number of carboxylic acids is 1. The predicted octanol–water partition coefficient (Wildman–Crippen LogP) is 1.38. The van der Waals surface area contributed by atoms with Gasteiger partial charge in [0.15, 0.2) is 21.3 Å². The van der Waals surface area contributed by atoms with Crippen LogP contribution in [0.4, 0.5) is 0 Å². The molecule has 0 spiro atoms. The summed E-state index contributed by atoms with van der Waals surface area (Å²) < 4.78 is 35.9. The summed E-state index contributed by atoms with van der Waals surface area (Å²) in [5.41, 5.74) is 0. The monoisotopic (exact) mass is 385 g/mol. The maximum atomic E-state index is 12.5. The van der Waals surface area contributed by atoms with E-state index in [1.165, 1.54) is 18.2 Å². The summed E-state index contributed by atoms with van der Waals surface area (Å²) in [7, 11) is -3.71. The van der Waals surface area contributed by atoms with Crippen LogP contribution in [-0.4, -0.2) is 50.4 Å². The van der Waals surface area contributed by atoms with E-state index in [9.17, 15) is 18.0 Å². The van der Waals surface area contributed by atoms with Crippen LogP contribution in [0, 0.1) is 0 Å². The number of nitrogens with one attached hydrogen (secondary N) is 1. The van der Waals surface area contributed by atoms with Gasteiger partial charge in [-0.25, -0.2) is 13.2 Å². The molecule has 1 atom stereocenters. The van der Waals surface area contributed by atoms with E-state index in [-0.39, 0.29) is 17.7 Å². The topological polar surface area (TPSA) is 119 Å². The summed E-state index contributed by atoms with van der Waals surface area (Å²) in [5.74, 6) is -1.31. The van der Waals surface area contributed by atoms with Crippen molar-refractivity contribution in [3.8, 4) is 11.5 Å². The molecular weight excluding hydrogens is 362 g/mol. The first-order chi connectivity index (χ1) is 12.3. The summed E-state index contributed by atoms with van der Waals surface area (Å²) in [4.78, 5) is 23.0. The molecule has 8 nitrogen and oxygen atoms in total. The maximum absolute atomic E-state index is 12.5. The van der Waals surface area contributed by atoms with E-state index in [0.29, 0.717) is 37.6 Å². The first-order valence-corrected chi connectivity index (χ1v) is 10.1. The van der Waals surface area contributed by atoms with E-state index in [2.05, 4.69) is 5.32 Å². The second-order valence-corrected chi connectivity index (χ2v) is 8.08. The molecular formula is C17H23NO7S. The molecule has 144 valence electrons. The van der Waals surface area contributed by atoms with Crippen molar-refractivity contribution in [3.63, 3.8) is 0 Å². The Morgan fingerprint density at radius 1 is 1.23 bits per heavy atom. The second-order valence-electron chi connectivity index (χ2n) is 5.97. The number of ether oxygens (including phenoxy) is 2. The lowest BCUT2D eigenvalue weighted by molar-refractivity contribution is -0.142.